The van der Waals surface area contributed by atoms with Gasteiger partial charge >= 0.3 is 12.0 Å². The number of sulfonamides is 1. The first-order chi connectivity index (χ1) is 15.6. The molecule has 0 aliphatic carbocycles. The van der Waals surface area contributed by atoms with E-state index < -0.39 is 50.4 Å². The molecule has 0 saturated carbocycles. The molecule has 0 aromatic heterocycles. The highest BCUT2D eigenvalue weighted by Gasteiger charge is 2.35. The van der Waals surface area contributed by atoms with Crippen molar-refractivity contribution in [2.24, 2.45) is 0 Å². The Morgan fingerprint density at radius 1 is 1.12 bits per heavy atom. The largest absolute Gasteiger partial charge is 0.463 e. The van der Waals surface area contributed by atoms with Gasteiger partial charge in [0.05, 0.1) is 18.2 Å². The molecule has 2 heterocycles. The topological polar surface area (TPSA) is 108 Å². The van der Waals surface area contributed by atoms with Crippen molar-refractivity contribution < 1.29 is 35.9 Å². The fraction of sp³-hybridized carbons (Fsp3) is 0.500. The van der Waals surface area contributed by atoms with Gasteiger partial charge in [0.15, 0.2) is 17.5 Å². The van der Waals surface area contributed by atoms with E-state index in [1.54, 1.807) is 6.92 Å². The van der Waals surface area contributed by atoms with Crippen molar-refractivity contribution in [1.29, 1.82) is 0 Å². The van der Waals surface area contributed by atoms with Crippen molar-refractivity contribution in [3.05, 3.63) is 40.9 Å². The van der Waals surface area contributed by atoms with Crippen LogP contribution in [0.3, 0.4) is 0 Å². The third-order valence-corrected chi connectivity index (χ3v) is 7.39. The van der Waals surface area contributed by atoms with E-state index in [-0.39, 0.29) is 39.3 Å². The van der Waals surface area contributed by atoms with Gasteiger partial charge in [-0.05, 0) is 25.5 Å². The lowest BCUT2D eigenvalue weighted by Crippen LogP contribution is -2.54. The highest BCUT2D eigenvalue weighted by Crippen LogP contribution is 2.25. The summed E-state index contributed by atoms with van der Waals surface area (Å²) in [5.41, 5.74) is 0.671. The molecule has 2 N–H and O–H groups in total. The van der Waals surface area contributed by atoms with Crippen molar-refractivity contribution in [1.82, 2.24) is 19.8 Å². The van der Waals surface area contributed by atoms with Crippen LogP contribution in [0.4, 0.5) is 18.0 Å². The number of nitrogens with zero attached hydrogens (tertiary/aromatic N) is 2. The summed E-state index contributed by atoms with van der Waals surface area (Å²) in [7, 11) is -4.38. The second-order valence-electron chi connectivity index (χ2n) is 7.53. The zero-order valence-electron chi connectivity index (χ0n) is 18.2. The minimum atomic E-state index is -4.38. The summed E-state index contributed by atoms with van der Waals surface area (Å²) in [6.45, 7) is 4.10. The number of urea groups is 1. The predicted molar refractivity (Wildman–Crippen MR) is 111 cm³/mol. The molecule has 3 rings (SSSR count). The third kappa shape index (κ3) is 5.14. The Bertz CT molecular complexity index is 1070. The fourth-order valence-electron chi connectivity index (χ4n) is 3.78. The van der Waals surface area contributed by atoms with E-state index in [2.05, 4.69) is 10.6 Å². The molecule has 2 aliphatic heterocycles. The van der Waals surface area contributed by atoms with Gasteiger partial charge < -0.3 is 15.4 Å². The van der Waals surface area contributed by atoms with Crippen LogP contribution in [0.25, 0.3) is 0 Å². The molecule has 0 spiro atoms. The molecule has 9 nitrogen and oxygen atoms in total. The number of piperazine rings is 1. The summed E-state index contributed by atoms with van der Waals surface area (Å²) < 4.78 is 72.4. The number of ether oxygens (including phenoxy) is 1. The molecule has 0 radical (unpaired) electrons. The van der Waals surface area contributed by atoms with Gasteiger partial charge in [-0.15, -0.1) is 0 Å². The standard InChI is InChI=1S/C20H25F3N4O5S/c1-3-13-16(19(28)32-4-2)14(25-20(29)24-13)11-26-7-9-27(10-8-26)33(30,31)15-6-5-12(21)17(22)18(15)23/h5-6,13H,3-4,7-11H2,1-2H3,(H2,24,25,29)/t13-/m0/s1. The monoisotopic (exact) mass is 490 g/mol. The quantitative estimate of drug-likeness (QED) is 0.441. The molecule has 0 unspecified atom stereocenters. The molecule has 33 heavy (non-hydrogen) atoms. The number of halogens is 3. The molecule has 1 aromatic carbocycles. The molecular weight excluding hydrogens is 465 g/mol. The van der Waals surface area contributed by atoms with Gasteiger partial charge in [0.25, 0.3) is 0 Å². The highest BCUT2D eigenvalue weighted by molar-refractivity contribution is 7.89. The molecule has 182 valence electrons. The van der Waals surface area contributed by atoms with Gasteiger partial charge in [-0.2, -0.15) is 4.31 Å². The summed E-state index contributed by atoms with van der Waals surface area (Å²) in [6.07, 6.45) is 0.469. The lowest BCUT2D eigenvalue weighted by atomic mass is 10.00. The van der Waals surface area contributed by atoms with Gasteiger partial charge in [-0.25, -0.2) is 31.2 Å². The third-order valence-electron chi connectivity index (χ3n) is 5.48. The van der Waals surface area contributed by atoms with Crippen LogP contribution in [0.1, 0.15) is 20.3 Å². The lowest BCUT2D eigenvalue weighted by Gasteiger charge is -2.36. The van der Waals surface area contributed by atoms with Crippen LogP contribution in [0.5, 0.6) is 0 Å². The number of carbonyl (C=O) groups is 2. The molecule has 13 heteroatoms. The minimum Gasteiger partial charge on any atom is -0.463 e. The average molecular weight is 491 g/mol. The Morgan fingerprint density at radius 2 is 1.79 bits per heavy atom. The number of hydrogen-bond donors (Lipinski definition) is 2. The van der Waals surface area contributed by atoms with Crippen molar-refractivity contribution in [3.63, 3.8) is 0 Å². The van der Waals surface area contributed by atoms with E-state index in [9.17, 15) is 31.2 Å². The van der Waals surface area contributed by atoms with Crippen molar-refractivity contribution >= 4 is 22.0 Å². The Morgan fingerprint density at radius 3 is 2.39 bits per heavy atom. The predicted octanol–water partition coefficient (Wildman–Crippen LogP) is 1.32. The minimum absolute atomic E-state index is 0.0494. The van der Waals surface area contributed by atoms with Gasteiger partial charge in [-0.1, -0.05) is 6.92 Å². The van der Waals surface area contributed by atoms with E-state index in [0.29, 0.717) is 29.8 Å². The number of hydrogen-bond acceptors (Lipinski definition) is 6. The zero-order chi connectivity index (χ0) is 24.3. The van der Waals surface area contributed by atoms with Gasteiger partial charge in [0.2, 0.25) is 10.0 Å². The maximum absolute atomic E-state index is 14.1. The van der Waals surface area contributed by atoms with Crippen LogP contribution in [0.2, 0.25) is 0 Å². The first-order valence-electron chi connectivity index (χ1n) is 10.4. The SMILES string of the molecule is CCOC(=O)C1=C(CN2CCN(S(=O)(=O)c3ccc(F)c(F)c3F)CC2)NC(=O)N[C@H]1CC. The second kappa shape index (κ2) is 10.1. The second-order valence-corrected chi connectivity index (χ2v) is 9.43. The van der Waals surface area contributed by atoms with Gasteiger partial charge in [0, 0.05) is 38.4 Å². The van der Waals surface area contributed by atoms with Gasteiger partial charge in [0.1, 0.15) is 4.90 Å². The first-order valence-corrected chi connectivity index (χ1v) is 11.9. The van der Waals surface area contributed by atoms with Crippen molar-refractivity contribution in [3.8, 4) is 0 Å². The number of rotatable bonds is 7. The molecule has 2 amide bonds. The van der Waals surface area contributed by atoms with E-state index in [1.165, 1.54) is 0 Å². The Kier molecular flexibility index (Phi) is 7.65. The molecule has 0 bridgehead atoms. The average Bonchev–Trinajstić information content (AvgIpc) is 2.77. The molecule has 1 aromatic rings. The van der Waals surface area contributed by atoms with E-state index in [0.717, 1.165) is 4.31 Å². The zero-order valence-corrected chi connectivity index (χ0v) is 19.0. The Labute approximate surface area is 189 Å². The fourth-order valence-corrected chi connectivity index (χ4v) is 5.26. The van der Waals surface area contributed by atoms with Crippen LogP contribution in [-0.2, 0) is 19.6 Å². The molecule has 2 aliphatic rings. The smallest absolute Gasteiger partial charge is 0.337 e. The summed E-state index contributed by atoms with van der Waals surface area (Å²) in [6, 6.07) is 0.279. The number of esters is 1. The number of nitrogens with one attached hydrogen (secondary N) is 2. The van der Waals surface area contributed by atoms with E-state index >= 15 is 0 Å². The van der Waals surface area contributed by atoms with E-state index in [1.807, 2.05) is 11.8 Å². The normalized spacial score (nSPS) is 20.4. The Balaban J connectivity index is 1.75. The van der Waals surface area contributed by atoms with Crippen molar-refractivity contribution in [2.45, 2.75) is 31.2 Å². The Hall–Kier alpha value is -2.64. The molecule has 1 saturated heterocycles. The lowest BCUT2D eigenvalue weighted by molar-refractivity contribution is -0.139. The van der Waals surface area contributed by atoms with Crippen LogP contribution >= 0.6 is 0 Å². The number of benzene rings is 1. The first kappa shape index (κ1) is 25.0. The van der Waals surface area contributed by atoms with Crippen LogP contribution in [-0.4, -0.2) is 75.0 Å². The van der Waals surface area contributed by atoms with Crippen LogP contribution < -0.4 is 10.6 Å². The summed E-state index contributed by atoms with van der Waals surface area (Å²) in [5, 5.41) is 5.31. The van der Waals surface area contributed by atoms with Crippen molar-refractivity contribution in [2.75, 3.05) is 39.3 Å². The number of carbonyl (C=O) groups excluding carboxylic acids is 2. The maximum Gasteiger partial charge on any atom is 0.337 e. The summed E-state index contributed by atoms with van der Waals surface area (Å²) >= 11 is 0. The van der Waals surface area contributed by atoms with Gasteiger partial charge in [-0.3, -0.25) is 4.90 Å². The molecule has 1 fully saturated rings. The molecule has 1 atom stereocenters. The summed E-state index contributed by atoms with van der Waals surface area (Å²) in [5.74, 6) is -5.64. The summed E-state index contributed by atoms with van der Waals surface area (Å²) in [4.78, 5) is 25.4. The molecular formula is C20H25F3N4O5S. The highest BCUT2D eigenvalue weighted by atomic mass is 32.2. The number of amides is 2. The van der Waals surface area contributed by atoms with Crippen LogP contribution in [0.15, 0.2) is 28.3 Å². The van der Waals surface area contributed by atoms with E-state index in [4.69, 9.17) is 4.74 Å². The van der Waals surface area contributed by atoms with Crippen LogP contribution in [0, 0.1) is 17.5 Å². The maximum atomic E-state index is 14.1.